The molecule has 0 aliphatic carbocycles. The van der Waals surface area contributed by atoms with E-state index in [1.165, 1.54) is 27.6 Å². The van der Waals surface area contributed by atoms with E-state index in [4.69, 9.17) is 0 Å². The number of pyridine rings is 1. The first-order valence-electron chi connectivity index (χ1n) is 7.93. The lowest BCUT2D eigenvalue weighted by Crippen LogP contribution is -1.99. The Morgan fingerprint density at radius 2 is 1.57 bits per heavy atom. The first kappa shape index (κ1) is 13.8. The van der Waals surface area contributed by atoms with Gasteiger partial charge in [-0.1, -0.05) is 54.6 Å². The Balaban J connectivity index is 1.49. The molecule has 2 nitrogen and oxygen atoms in total. The van der Waals surface area contributed by atoms with Crippen molar-refractivity contribution >= 4 is 10.9 Å². The molecule has 23 heavy (non-hydrogen) atoms. The van der Waals surface area contributed by atoms with Crippen molar-refractivity contribution in [3.8, 4) is 11.1 Å². The fourth-order valence-corrected chi connectivity index (χ4v) is 2.98. The monoisotopic (exact) mass is 298 g/mol. The molecule has 2 heteroatoms. The fourth-order valence-electron chi connectivity index (χ4n) is 2.98. The second-order valence-corrected chi connectivity index (χ2v) is 5.76. The maximum Gasteiger partial charge on any atom is 0.0511 e. The average Bonchev–Trinajstić information content (AvgIpc) is 3.04. The van der Waals surface area contributed by atoms with Gasteiger partial charge in [0, 0.05) is 30.5 Å². The molecule has 0 bridgehead atoms. The van der Waals surface area contributed by atoms with E-state index in [0.29, 0.717) is 0 Å². The molecule has 2 aromatic heterocycles. The number of aromatic nitrogens is 2. The zero-order valence-corrected chi connectivity index (χ0v) is 12.9. The summed E-state index contributed by atoms with van der Waals surface area (Å²) < 4.78 is 2.29. The Morgan fingerprint density at radius 1 is 0.783 bits per heavy atom. The van der Waals surface area contributed by atoms with Crippen LogP contribution in [0.25, 0.3) is 22.0 Å². The molecule has 112 valence electrons. The number of aryl methyl sites for hydroxylation is 2. The van der Waals surface area contributed by atoms with Gasteiger partial charge in [0.25, 0.3) is 0 Å². The molecule has 2 heterocycles. The van der Waals surface area contributed by atoms with Crippen LogP contribution in [0.3, 0.4) is 0 Å². The number of fused-ring (bicyclic) bond motifs is 1. The van der Waals surface area contributed by atoms with E-state index >= 15 is 0 Å². The van der Waals surface area contributed by atoms with Gasteiger partial charge in [0.15, 0.2) is 0 Å². The molecule has 4 rings (SSSR count). The summed E-state index contributed by atoms with van der Waals surface area (Å²) in [7, 11) is 0. The van der Waals surface area contributed by atoms with Gasteiger partial charge in [0.1, 0.15) is 0 Å². The van der Waals surface area contributed by atoms with Gasteiger partial charge < -0.3 is 4.57 Å². The lowest BCUT2D eigenvalue weighted by atomic mass is 10.0. The first-order chi connectivity index (χ1) is 11.4. The summed E-state index contributed by atoms with van der Waals surface area (Å²) in [4.78, 5) is 4.17. The molecular formula is C21H18N2. The molecule has 2 aromatic carbocycles. The van der Waals surface area contributed by atoms with Crippen LogP contribution in [0.2, 0.25) is 0 Å². The molecule has 0 spiro atoms. The number of rotatable bonds is 4. The standard InChI is InChI=1S/C21H18N2/c1-2-4-18(5-3-1)19-8-6-17(7-9-19)11-14-23-15-12-20-16-22-13-10-21(20)23/h1-10,12-13,15-16H,11,14H2. The average molecular weight is 298 g/mol. The van der Waals surface area contributed by atoms with Gasteiger partial charge in [0.05, 0.1) is 5.52 Å². The topological polar surface area (TPSA) is 17.8 Å². The molecule has 0 atom stereocenters. The van der Waals surface area contributed by atoms with Crippen LogP contribution in [-0.2, 0) is 13.0 Å². The van der Waals surface area contributed by atoms with Gasteiger partial charge in [-0.3, -0.25) is 4.98 Å². The molecule has 0 saturated carbocycles. The number of benzene rings is 2. The van der Waals surface area contributed by atoms with Crippen molar-refractivity contribution in [2.24, 2.45) is 0 Å². The summed E-state index contributed by atoms with van der Waals surface area (Å²) in [6.07, 6.45) is 6.94. The van der Waals surface area contributed by atoms with Crippen LogP contribution >= 0.6 is 0 Å². The van der Waals surface area contributed by atoms with Crippen molar-refractivity contribution in [2.45, 2.75) is 13.0 Å². The van der Waals surface area contributed by atoms with Gasteiger partial charge in [0.2, 0.25) is 0 Å². The summed E-state index contributed by atoms with van der Waals surface area (Å²) in [6, 6.07) is 23.6. The van der Waals surface area contributed by atoms with Gasteiger partial charge in [-0.25, -0.2) is 0 Å². The molecular weight excluding hydrogens is 280 g/mol. The number of nitrogens with zero attached hydrogens (tertiary/aromatic N) is 2. The highest BCUT2D eigenvalue weighted by Crippen LogP contribution is 2.20. The zero-order chi connectivity index (χ0) is 15.5. The van der Waals surface area contributed by atoms with E-state index in [2.05, 4.69) is 82.5 Å². The van der Waals surface area contributed by atoms with Gasteiger partial charge in [-0.2, -0.15) is 0 Å². The van der Waals surface area contributed by atoms with Gasteiger partial charge in [-0.15, -0.1) is 0 Å². The van der Waals surface area contributed by atoms with Gasteiger partial charge in [-0.05, 0) is 35.2 Å². The summed E-state index contributed by atoms with van der Waals surface area (Å²) in [5.74, 6) is 0. The molecule has 0 aliphatic rings. The normalized spacial score (nSPS) is 11.0. The maximum absolute atomic E-state index is 4.17. The molecule has 0 N–H and O–H groups in total. The van der Waals surface area contributed by atoms with Crippen molar-refractivity contribution < 1.29 is 0 Å². The van der Waals surface area contributed by atoms with E-state index in [1.807, 2.05) is 12.4 Å². The Bertz CT molecular complexity index is 905. The Labute approximate surface area is 136 Å². The van der Waals surface area contributed by atoms with Crippen LogP contribution in [0.5, 0.6) is 0 Å². The second kappa shape index (κ2) is 6.09. The summed E-state index contributed by atoms with van der Waals surface area (Å²) >= 11 is 0. The van der Waals surface area contributed by atoms with Crippen molar-refractivity contribution in [1.82, 2.24) is 9.55 Å². The Hall–Kier alpha value is -2.87. The van der Waals surface area contributed by atoms with Crippen LogP contribution < -0.4 is 0 Å². The molecule has 0 fully saturated rings. The van der Waals surface area contributed by atoms with Crippen molar-refractivity contribution in [2.75, 3.05) is 0 Å². The second-order valence-electron chi connectivity index (χ2n) is 5.76. The molecule has 0 saturated heterocycles. The highest BCUT2D eigenvalue weighted by atomic mass is 15.0. The van der Waals surface area contributed by atoms with Crippen molar-refractivity contribution in [1.29, 1.82) is 0 Å². The summed E-state index contributed by atoms with van der Waals surface area (Å²) in [6.45, 7) is 0.984. The third kappa shape index (κ3) is 2.88. The van der Waals surface area contributed by atoms with E-state index < -0.39 is 0 Å². The molecule has 0 amide bonds. The molecule has 4 aromatic rings. The third-order valence-corrected chi connectivity index (χ3v) is 4.27. The molecule has 0 radical (unpaired) electrons. The lowest BCUT2D eigenvalue weighted by molar-refractivity contribution is 0.723. The van der Waals surface area contributed by atoms with Crippen molar-refractivity contribution in [3.05, 3.63) is 90.9 Å². The van der Waals surface area contributed by atoms with Gasteiger partial charge >= 0.3 is 0 Å². The quantitative estimate of drug-likeness (QED) is 0.521. The minimum Gasteiger partial charge on any atom is -0.347 e. The Kier molecular flexibility index (Phi) is 3.65. The van der Waals surface area contributed by atoms with Crippen LogP contribution in [0.1, 0.15) is 5.56 Å². The maximum atomic E-state index is 4.17. The summed E-state index contributed by atoms with van der Waals surface area (Å²) in [5.41, 5.74) is 5.15. The van der Waals surface area contributed by atoms with Crippen LogP contribution in [0.15, 0.2) is 85.3 Å². The minimum absolute atomic E-state index is 0.984. The highest BCUT2D eigenvalue weighted by molar-refractivity contribution is 5.78. The lowest BCUT2D eigenvalue weighted by Gasteiger charge is -2.07. The van der Waals surface area contributed by atoms with Crippen LogP contribution in [0.4, 0.5) is 0 Å². The fraction of sp³-hybridized carbons (Fsp3) is 0.0952. The predicted molar refractivity (Wildman–Crippen MR) is 95.3 cm³/mol. The number of hydrogen-bond acceptors (Lipinski definition) is 1. The highest BCUT2D eigenvalue weighted by Gasteiger charge is 2.02. The van der Waals surface area contributed by atoms with E-state index in [-0.39, 0.29) is 0 Å². The summed E-state index contributed by atoms with van der Waals surface area (Å²) in [5, 5.41) is 1.20. The van der Waals surface area contributed by atoms with E-state index in [9.17, 15) is 0 Å². The van der Waals surface area contributed by atoms with E-state index in [0.717, 1.165) is 13.0 Å². The third-order valence-electron chi connectivity index (χ3n) is 4.27. The zero-order valence-electron chi connectivity index (χ0n) is 12.9. The molecule has 0 unspecified atom stereocenters. The van der Waals surface area contributed by atoms with Crippen LogP contribution in [0, 0.1) is 0 Å². The SMILES string of the molecule is c1ccc(-c2ccc(CCn3ccc4cnccc43)cc2)cc1. The van der Waals surface area contributed by atoms with Crippen LogP contribution in [-0.4, -0.2) is 9.55 Å². The Morgan fingerprint density at radius 3 is 2.39 bits per heavy atom. The predicted octanol–water partition coefficient (Wildman–Crippen LogP) is 4.95. The van der Waals surface area contributed by atoms with E-state index in [1.54, 1.807) is 0 Å². The van der Waals surface area contributed by atoms with Crippen molar-refractivity contribution in [3.63, 3.8) is 0 Å². The molecule has 0 aliphatic heterocycles. The smallest absolute Gasteiger partial charge is 0.0511 e. The minimum atomic E-state index is 0.984. The number of hydrogen-bond donors (Lipinski definition) is 0. The first-order valence-corrected chi connectivity index (χ1v) is 7.93. The largest absolute Gasteiger partial charge is 0.347 e.